The van der Waals surface area contributed by atoms with Gasteiger partial charge in [0.15, 0.2) is 11.5 Å². The van der Waals surface area contributed by atoms with Gasteiger partial charge in [-0.1, -0.05) is 27.7 Å². The minimum absolute atomic E-state index is 0.0782. The number of hydrogen-bond donors (Lipinski definition) is 2. The molecule has 1 unspecified atom stereocenters. The summed E-state index contributed by atoms with van der Waals surface area (Å²) in [6.07, 6.45) is 0.935. The zero-order valence-corrected chi connectivity index (χ0v) is 13.2. The van der Waals surface area contributed by atoms with Gasteiger partial charge < -0.3 is 9.47 Å². The maximum Gasteiger partial charge on any atom is 0.265 e. The summed E-state index contributed by atoms with van der Waals surface area (Å²) in [4.78, 5) is 12.2. The molecular weight excluding hydrogens is 268 g/mol. The highest BCUT2D eigenvalue weighted by Crippen LogP contribution is 2.30. The summed E-state index contributed by atoms with van der Waals surface area (Å²) < 4.78 is 10.9. The number of carbonyl (C=O) groups excluding carboxylic acids is 1. The largest absolute Gasteiger partial charge is 0.486 e. The number of fused-ring (bicyclic) bond motifs is 1. The summed E-state index contributed by atoms with van der Waals surface area (Å²) >= 11 is 0. The number of rotatable bonds is 4. The molecular formula is C16H24N2O3. The number of benzene rings is 1. The molecule has 0 fully saturated rings. The Morgan fingerprint density at radius 1 is 1.24 bits per heavy atom. The van der Waals surface area contributed by atoms with Crippen LogP contribution in [0.15, 0.2) is 18.2 Å². The maximum atomic E-state index is 12.2. The molecule has 0 radical (unpaired) electrons. The van der Waals surface area contributed by atoms with Gasteiger partial charge in [-0.3, -0.25) is 10.2 Å². The number of ether oxygens (including phenoxy) is 2. The fraction of sp³-hybridized carbons (Fsp3) is 0.562. The van der Waals surface area contributed by atoms with Crippen molar-refractivity contribution in [3.63, 3.8) is 0 Å². The summed E-state index contributed by atoms with van der Waals surface area (Å²) in [5, 5.41) is 0. The average molecular weight is 292 g/mol. The van der Waals surface area contributed by atoms with Crippen molar-refractivity contribution in [2.45, 2.75) is 40.2 Å². The fourth-order valence-corrected chi connectivity index (χ4v) is 2.34. The van der Waals surface area contributed by atoms with Crippen molar-refractivity contribution < 1.29 is 14.3 Å². The standard InChI is InChI=1S/C16H24N2O3/c1-5-14(16(2,3)4)17-18-15(19)11-6-7-12-13(10-11)21-9-8-20-12/h6-7,10,14,17H,5,8-9H2,1-4H3,(H,18,19). The van der Waals surface area contributed by atoms with Crippen LogP contribution in [0.1, 0.15) is 44.5 Å². The molecule has 5 nitrogen and oxygen atoms in total. The van der Waals surface area contributed by atoms with Gasteiger partial charge in [-0.2, -0.15) is 0 Å². The molecule has 2 N–H and O–H groups in total. The van der Waals surface area contributed by atoms with Gasteiger partial charge in [-0.05, 0) is 30.0 Å². The van der Waals surface area contributed by atoms with E-state index in [-0.39, 0.29) is 17.4 Å². The van der Waals surface area contributed by atoms with Crippen LogP contribution in [0.4, 0.5) is 0 Å². The highest BCUT2D eigenvalue weighted by molar-refractivity contribution is 5.94. The molecule has 0 aliphatic carbocycles. The molecule has 1 aliphatic heterocycles. The Kier molecular flexibility index (Phi) is 4.73. The lowest BCUT2D eigenvalue weighted by molar-refractivity contribution is 0.0905. The van der Waals surface area contributed by atoms with Crippen LogP contribution in [0.3, 0.4) is 0 Å². The van der Waals surface area contributed by atoms with Crippen LogP contribution in [-0.2, 0) is 0 Å². The number of hydrogen-bond acceptors (Lipinski definition) is 4. The van der Waals surface area contributed by atoms with E-state index in [1.54, 1.807) is 18.2 Å². The van der Waals surface area contributed by atoms with E-state index in [9.17, 15) is 4.79 Å². The van der Waals surface area contributed by atoms with Gasteiger partial charge in [0.05, 0.1) is 0 Å². The van der Waals surface area contributed by atoms with Gasteiger partial charge in [0.25, 0.3) is 5.91 Å². The third kappa shape index (κ3) is 3.88. The second kappa shape index (κ2) is 6.35. The van der Waals surface area contributed by atoms with Crippen molar-refractivity contribution in [2.24, 2.45) is 5.41 Å². The number of carbonyl (C=O) groups is 1. The third-order valence-electron chi connectivity index (χ3n) is 3.62. The number of hydrazine groups is 1. The summed E-state index contributed by atoms with van der Waals surface area (Å²) in [6.45, 7) is 9.58. The van der Waals surface area contributed by atoms with Crippen LogP contribution < -0.4 is 20.3 Å². The first kappa shape index (κ1) is 15.6. The minimum atomic E-state index is -0.172. The van der Waals surface area contributed by atoms with E-state index in [0.717, 1.165) is 6.42 Å². The van der Waals surface area contributed by atoms with Crippen LogP contribution >= 0.6 is 0 Å². The first-order valence-electron chi connectivity index (χ1n) is 7.37. The van der Waals surface area contributed by atoms with Gasteiger partial charge in [0.2, 0.25) is 0 Å². The van der Waals surface area contributed by atoms with Crippen LogP contribution in [0.5, 0.6) is 11.5 Å². The lowest BCUT2D eigenvalue weighted by Crippen LogP contribution is -2.49. The first-order chi connectivity index (χ1) is 9.91. The summed E-state index contributed by atoms with van der Waals surface area (Å²) in [5.74, 6) is 1.14. The van der Waals surface area contributed by atoms with Gasteiger partial charge in [-0.15, -0.1) is 0 Å². The molecule has 1 aliphatic rings. The van der Waals surface area contributed by atoms with Crippen LogP contribution in [0.2, 0.25) is 0 Å². The predicted molar refractivity (Wildman–Crippen MR) is 81.6 cm³/mol. The molecule has 1 aromatic carbocycles. The SMILES string of the molecule is CCC(NNC(=O)c1ccc2c(c1)OCCO2)C(C)(C)C. The predicted octanol–water partition coefficient (Wildman–Crippen LogP) is 2.52. The average Bonchev–Trinajstić information content (AvgIpc) is 2.45. The second-order valence-electron chi connectivity index (χ2n) is 6.28. The first-order valence-corrected chi connectivity index (χ1v) is 7.37. The molecule has 0 saturated heterocycles. The summed E-state index contributed by atoms with van der Waals surface area (Å²) in [5.41, 5.74) is 6.52. The van der Waals surface area contributed by atoms with Gasteiger partial charge in [0.1, 0.15) is 13.2 Å². The van der Waals surface area contributed by atoms with E-state index in [0.29, 0.717) is 30.3 Å². The lowest BCUT2D eigenvalue weighted by atomic mass is 9.86. The molecule has 0 saturated carbocycles. The van der Waals surface area contributed by atoms with Crippen molar-refractivity contribution in [3.8, 4) is 11.5 Å². The molecule has 0 spiro atoms. The van der Waals surface area contributed by atoms with E-state index in [1.165, 1.54) is 0 Å². The highest BCUT2D eigenvalue weighted by Gasteiger charge is 2.23. The molecule has 1 atom stereocenters. The Labute approximate surface area is 126 Å². The highest BCUT2D eigenvalue weighted by atomic mass is 16.6. The van der Waals surface area contributed by atoms with E-state index in [2.05, 4.69) is 38.5 Å². The normalized spacial score (nSPS) is 15.4. The van der Waals surface area contributed by atoms with Crippen LogP contribution in [0.25, 0.3) is 0 Å². The molecule has 5 heteroatoms. The molecule has 1 heterocycles. The molecule has 21 heavy (non-hydrogen) atoms. The number of amides is 1. The van der Waals surface area contributed by atoms with Crippen molar-refractivity contribution in [1.82, 2.24) is 10.9 Å². The van der Waals surface area contributed by atoms with Crippen molar-refractivity contribution in [1.29, 1.82) is 0 Å². The van der Waals surface area contributed by atoms with E-state index in [1.807, 2.05) is 0 Å². The van der Waals surface area contributed by atoms with Crippen molar-refractivity contribution in [3.05, 3.63) is 23.8 Å². The van der Waals surface area contributed by atoms with E-state index < -0.39 is 0 Å². The lowest BCUT2D eigenvalue weighted by Gasteiger charge is -2.30. The van der Waals surface area contributed by atoms with E-state index in [4.69, 9.17) is 9.47 Å². The molecule has 0 bridgehead atoms. The quantitative estimate of drug-likeness (QED) is 0.837. The Morgan fingerprint density at radius 2 is 1.90 bits per heavy atom. The zero-order chi connectivity index (χ0) is 15.5. The topological polar surface area (TPSA) is 59.6 Å². The van der Waals surface area contributed by atoms with Gasteiger partial charge in [0, 0.05) is 11.6 Å². The number of nitrogens with one attached hydrogen (secondary N) is 2. The molecule has 116 valence electrons. The van der Waals surface area contributed by atoms with Crippen LogP contribution in [0, 0.1) is 5.41 Å². The zero-order valence-electron chi connectivity index (χ0n) is 13.2. The molecule has 0 aromatic heterocycles. The minimum Gasteiger partial charge on any atom is -0.486 e. The smallest absolute Gasteiger partial charge is 0.265 e. The molecule has 1 amide bonds. The van der Waals surface area contributed by atoms with E-state index >= 15 is 0 Å². The summed E-state index contributed by atoms with van der Waals surface area (Å²) in [7, 11) is 0. The van der Waals surface area contributed by atoms with Crippen molar-refractivity contribution >= 4 is 5.91 Å². The fourth-order valence-electron chi connectivity index (χ4n) is 2.34. The van der Waals surface area contributed by atoms with Crippen LogP contribution in [-0.4, -0.2) is 25.2 Å². The summed E-state index contributed by atoms with van der Waals surface area (Å²) in [6, 6.07) is 5.43. The monoisotopic (exact) mass is 292 g/mol. The maximum absolute atomic E-state index is 12.2. The van der Waals surface area contributed by atoms with Gasteiger partial charge >= 0.3 is 0 Å². The molecule has 1 aromatic rings. The van der Waals surface area contributed by atoms with Crippen molar-refractivity contribution in [2.75, 3.05) is 13.2 Å². The molecule has 2 rings (SSSR count). The third-order valence-corrected chi connectivity index (χ3v) is 3.62. The Bertz CT molecular complexity index is 509. The Balaban J connectivity index is 2.00. The Hall–Kier alpha value is -1.75. The van der Waals surface area contributed by atoms with Gasteiger partial charge in [-0.25, -0.2) is 5.43 Å². The second-order valence-corrected chi connectivity index (χ2v) is 6.28. The Morgan fingerprint density at radius 3 is 2.52 bits per heavy atom.